The van der Waals surface area contributed by atoms with Gasteiger partial charge in [-0.25, -0.2) is 4.98 Å². The van der Waals surface area contributed by atoms with Crippen LogP contribution in [0.25, 0.3) is 33.5 Å². The minimum Gasteiger partial charge on any atom is -0.481 e. The van der Waals surface area contributed by atoms with E-state index in [0.717, 1.165) is 53.7 Å². The van der Waals surface area contributed by atoms with Gasteiger partial charge in [-0.15, -0.1) is 0 Å². The van der Waals surface area contributed by atoms with Crippen LogP contribution in [0.1, 0.15) is 49.1 Å². The summed E-state index contributed by atoms with van der Waals surface area (Å²) in [6.45, 7) is 0. The first-order valence-electron chi connectivity index (χ1n) is 11.4. The number of nitriles is 1. The Morgan fingerprint density at radius 3 is 2.21 bits per heavy atom. The normalized spacial score (nSPS) is 18.2. The molecule has 1 heterocycles. The first kappa shape index (κ1) is 21.0. The molecular weight excluding hydrogens is 410 g/mol. The maximum atomic E-state index is 10.9. The van der Waals surface area contributed by atoms with Crippen LogP contribution in [0.5, 0.6) is 0 Å². The van der Waals surface area contributed by atoms with Crippen molar-refractivity contribution in [2.45, 2.75) is 38.0 Å². The number of rotatable bonds is 5. The van der Waals surface area contributed by atoms with Crippen LogP contribution in [0.15, 0.2) is 66.7 Å². The smallest absolute Gasteiger partial charge is 0.303 e. The van der Waals surface area contributed by atoms with Gasteiger partial charge in [0.25, 0.3) is 0 Å². The van der Waals surface area contributed by atoms with Gasteiger partial charge in [-0.1, -0.05) is 48.5 Å². The average molecular weight is 436 g/mol. The molecule has 0 atom stereocenters. The van der Waals surface area contributed by atoms with Gasteiger partial charge < -0.3 is 10.1 Å². The predicted molar refractivity (Wildman–Crippen MR) is 129 cm³/mol. The monoisotopic (exact) mass is 435 g/mol. The Hall–Kier alpha value is -3.91. The number of H-pyrrole nitrogens is 1. The molecule has 5 rings (SSSR count). The minimum atomic E-state index is -0.678. The summed E-state index contributed by atoms with van der Waals surface area (Å²) in [6, 6.07) is 24.8. The molecule has 0 radical (unpaired) electrons. The summed E-state index contributed by atoms with van der Waals surface area (Å²) >= 11 is 0. The van der Waals surface area contributed by atoms with Crippen LogP contribution in [-0.2, 0) is 4.79 Å². The van der Waals surface area contributed by atoms with Gasteiger partial charge in [-0.05, 0) is 72.4 Å². The quantitative estimate of drug-likeness (QED) is 0.373. The van der Waals surface area contributed by atoms with Crippen molar-refractivity contribution >= 4 is 17.0 Å². The third-order valence-corrected chi connectivity index (χ3v) is 6.79. The molecule has 3 aromatic carbocycles. The van der Waals surface area contributed by atoms with E-state index < -0.39 is 5.97 Å². The number of imidazole rings is 1. The Morgan fingerprint density at radius 2 is 1.58 bits per heavy atom. The molecule has 0 aliphatic heterocycles. The molecule has 0 unspecified atom stereocenters. The second-order valence-corrected chi connectivity index (χ2v) is 8.94. The number of nitrogens with one attached hydrogen (secondary N) is 1. The summed E-state index contributed by atoms with van der Waals surface area (Å²) in [5.74, 6) is 0.973. The van der Waals surface area contributed by atoms with Crippen molar-refractivity contribution in [2.24, 2.45) is 5.92 Å². The summed E-state index contributed by atoms with van der Waals surface area (Å²) in [6.07, 6.45) is 4.44. The number of aliphatic carboxylic acids is 1. The number of carboxylic acids is 1. The van der Waals surface area contributed by atoms with Crippen molar-refractivity contribution in [2.75, 3.05) is 0 Å². The Bertz CT molecular complexity index is 1320. The van der Waals surface area contributed by atoms with Crippen LogP contribution >= 0.6 is 0 Å². The van der Waals surface area contributed by atoms with E-state index in [-0.39, 0.29) is 0 Å². The summed E-state index contributed by atoms with van der Waals surface area (Å²) in [4.78, 5) is 18.9. The number of fused-ring (bicyclic) bond motifs is 1. The van der Waals surface area contributed by atoms with Gasteiger partial charge >= 0.3 is 5.97 Å². The molecule has 1 aromatic heterocycles. The average Bonchev–Trinajstić information content (AvgIpc) is 3.28. The number of hydrogen-bond donors (Lipinski definition) is 2. The molecule has 1 saturated carbocycles. The molecule has 1 aliphatic carbocycles. The topological polar surface area (TPSA) is 89.8 Å². The van der Waals surface area contributed by atoms with E-state index in [4.69, 9.17) is 10.4 Å². The molecule has 0 spiro atoms. The van der Waals surface area contributed by atoms with E-state index >= 15 is 0 Å². The van der Waals surface area contributed by atoms with Crippen molar-refractivity contribution in [3.63, 3.8) is 0 Å². The summed E-state index contributed by atoms with van der Waals surface area (Å²) in [5.41, 5.74) is 7.00. The fourth-order valence-electron chi connectivity index (χ4n) is 4.93. The Balaban J connectivity index is 1.28. The lowest BCUT2D eigenvalue weighted by Crippen LogP contribution is -2.16. The maximum Gasteiger partial charge on any atom is 0.303 e. The summed E-state index contributed by atoms with van der Waals surface area (Å²) in [5, 5.41) is 18.1. The van der Waals surface area contributed by atoms with E-state index in [1.54, 1.807) is 6.07 Å². The van der Waals surface area contributed by atoms with Gasteiger partial charge in [0.1, 0.15) is 5.82 Å². The molecule has 5 heteroatoms. The number of carboxylic acid groups (broad SMARTS) is 1. The minimum absolute atomic E-state index is 0.302. The lowest BCUT2D eigenvalue weighted by molar-refractivity contribution is -0.138. The van der Waals surface area contributed by atoms with Gasteiger partial charge in [-0.3, -0.25) is 4.79 Å². The zero-order chi connectivity index (χ0) is 22.8. The molecule has 5 nitrogen and oxygen atoms in total. The van der Waals surface area contributed by atoms with Gasteiger partial charge in [-0.2, -0.15) is 5.26 Å². The molecule has 2 N–H and O–H groups in total. The van der Waals surface area contributed by atoms with Crippen molar-refractivity contribution in [3.05, 3.63) is 77.9 Å². The number of aromatic amines is 1. The molecule has 1 fully saturated rings. The van der Waals surface area contributed by atoms with Crippen LogP contribution in [0, 0.1) is 17.2 Å². The van der Waals surface area contributed by atoms with Crippen molar-refractivity contribution < 1.29 is 9.90 Å². The lowest BCUT2D eigenvalue weighted by Gasteiger charge is -2.28. The van der Waals surface area contributed by atoms with Crippen molar-refractivity contribution in [3.8, 4) is 28.6 Å². The van der Waals surface area contributed by atoms with Gasteiger partial charge in [0.2, 0.25) is 0 Å². The van der Waals surface area contributed by atoms with Crippen LogP contribution in [0.4, 0.5) is 0 Å². The fourth-order valence-corrected chi connectivity index (χ4v) is 4.93. The number of nitrogens with zero attached hydrogens (tertiary/aromatic N) is 2. The molecule has 0 saturated heterocycles. The van der Waals surface area contributed by atoms with Crippen LogP contribution in [0.3, 0.4) is 0 Å². The maximum absolute atomic E-state index is 10.9. The zero-order valence-electron chi connectivity index (χ0n) is 18.3. The van der Waals surface area contributed by atoms with Gasteiger partial charge in [0.15, 0.2) is 0 Å². The molecule has 1 aliphatic rings. The lowest BCUT2D eigenvalue weighted by atomic mass is 9.77. The number of benzene rings is 3. The number of hydrogen-bond acceptors (Lipinski definition) is 3. The molecule has 4 aromatic rings. The molecule has 164 valence electrons. The van der Waals surface area contributed by atoms with Gasteiger partial charge in [0.05, 0.1) is 22.7 Å². The molecule has 0 bridgehead atoms. The molecule has 0 amide bonds. The Kier molecular flexibility index (Phi) is 5.66. The van der Waals surface area contributed by atoms with Crippen LogP contribution in [-0.4, -0.2) is 21.0 Å². The summed E-state index contributed by atoms with van der Waals surface area (Å²) < 4.78 is 0. The van der Waals surface area contributed by atoms with Crippen LogP contribution in [0.2, 0.25) is 0 Å². The second kappa shape index (κ2) is 8.91. The highest BCUT2D eigenvalue weighted by Crippen LogP contribution is 2.37. The summed E-state index contributed by atoms with van der Waals surface area (Å²) in [7, 11) is 0. The second-order valence-electron chi connectivity index (χ2n) is 8.94. The number of carbonyl (C=O) groups is 1. The predicted octanol–water partition coefficient (Wildman–Crippen LogP) is 6.52. The van der Waals surface area contributed by atoms with Gasteiger partial charge in [0, 0.05) is 12.0 Å². The highest BCUT2D eigenvalue weighted by Gasteiger charge is 2.23. The van der Waals surface area contributed by atoms with Crippen molar-refractivity contribution in [1.29, 1.82) is 5.26 Å². The van der Waals surface area contributed by atoms with Crippen molar-refractivity contribution in [1.82, 2.24) is 9.97 Å². The van der Waals surface area contributed by atoms with Crippen LogP contribution < -0.4 is 0 Å². The SMILES string of the molecule is N#Cc1ccc2nc(-c3ccc(-c4ccc(C5CCC(CC(=O)O)CC5)cc4)cc3)[nH]c2c1. The molecule has 33 heavy (non-hydrogen) atoms. The highest BCUT2D eigenvalue weighted by molar-refractivity contribution is 5.81. The van der Waals surface area contributed by atoms with E-state index in [9.17, 15) is 4.79 Å². The Labute approximate surface area is 192 Å². The van der Waals surface area contributed by atoms with E-state index in [1.165, 1.54) is 11.1 Å². The standard InChI is InChI=1S/C28H25N3O2/c29-17-19-3-14-25-26(15-19)31-28(30-25)24-12-10-23(11-13-24)22-8-6-21(7-9-22)20-4-1-18(2-5-20)16-27(32)33/h3,6-15,18,20H,1-2,4-5,16H2,(H,30,31)(H,32,33). The Morgan fingerprint density at radius 1 is 0.939 bits per heavy atom. The molecular formula is C28H25N3O2. The number of aromatic nitrogens is 2. The largest absolute Gasteiger partial charge is 0.481 e. The highest BCUT2D eigenvalue weighted by atomic mass is 16.4. The van der Waals surface area contributed by atoms with E-state index in [1.807, 2.05) is 12.1 Å². The third kappa shape index (κ3) is 4.51. The van der Waals surface area contributed by atoms with E-state index in [0.29, 0.717) is 23.8 Å². The first-order valence-corrected chi connectivity index (χ1v) is 11.4. The third-order valence-electron chi connectivity index (χ3n) is 6.79. The zero-order valence-corrected chi connectivity index (χ0v) is 18.3. The fraction of sp³-hybridized carbons (Fsp3) is 0.250. The first-order chi connectivity index (χ1) is 16.1. The van der Waals surface area contributed by atoms with E-state index in [2.05, 4.69) is 64.6 Å².